The van der Waals surface area contributed by atoms with Crippen LogP contribution in [0.1, 0.15) is 25.7 Å². The number of piperidine rings is 1. The summed E-state index contributed by atoms with van der Waals surface area (Å²) in [7, 11) is 2.11. The Balaban J connectivity index is 1.35. The second-order valence-electron chi connectivity index (χ2n) is 7.80. The molecule has 7 heteroatoms. The minimum absolute atomic E-state index is 0.165. The van der Waals surface area contributed by atoms with E-state index >= 15 is 0 Å². The maximum Gasteiger partial charge on any atom is 0.151 e. The second-order valence-corrected chi connectivity index (χ2v) is 7.80. The van der Waals surface area contributed by atoms with E-state index in [4.69, 9.17) is 0 Å². The summed E-state index contributed by atoms with van der Waals surface area (Å²) in [6.45, 7) is 0. The summed E-state index contributed by atoms with van der Waals surface area (Å²) < 4.78 is 1.71. The third-order valence-corrected chi connectivity index (χ3v) is 6.03. The van der Waals surface area contributed by atoms with Gasteiger partial charge in [0.2, 0.25) is 0 Å². The third kappa shape index (κ3) is 3.11. The van der Waals surface area contributed by atoms with E-state index in [1.807, 2.05) is 36.5 Å². The van der Waals surface area contributed by atoms with Crippen LogP contribution in [0.25, 0.3) is 16.9 Å². The van der Waals surface area contributed by atoms with E-state index < -0.39 is 0 Å². The van der Waals surface area contributed by atoms with Crippen LogP contribution in [0.3, 0.4) is 0 Å². The van der Waals surface area contributed by atoms with E-state index in [0.29, 0.717) is 29.4 Å². The standard InChI is InChI=1S/C21H24N6O/c1-26(17-11-14-3-4-15(12-17)23-14)21-8-7-19(24-25-21)18-6-5-16(13-20(18)28)27-10-2-9-22-27/h2,5-10,13-15,17,23,28H,3-4,11-12H2,1H3/t14-,15?,17-/m0/s1. The quantitative estimate of drug-likeness (QED) is 0.729. The largest absolute Gasteiger partial charge is 0.507 e. The molecule has 0 saturated carbocycles. The highest BCUT2D eigenvalue weighted by Crippen LogP contribution is 2.32. The highest BCUT2D eigenvalue weighted by atomic mass is 16.3. The minimum Gasteiger partial charge on any atom is -0.507 e. The van der Waals surface area contributed by atoms with Crippen molar-refractivity contribution in [1.82, 2.24) is 25.3 Å². The number of aromatic hydroxyl groups is 1. The zero-order valence-electron chi connectivity index (χ0n) is 15.9. The topological polar surface area (TPSA) is 79.1 Å². The predicted molar refractivity (Wildman–Crippen MR) is 108 cm³/mol. The van der Waals surface area contributed by atoms with Crippen LogP contribution in [0.2, 0.25) is 0 Å². The lowest BCUT2D eigenvalue weighted by Gasteiger charge is -2.36. The first kappa shape index (κ1) is 17.2. The Labute approximate surface area is 164 Å². The third-order valence-electron chi connectivity index (χ3n) is 6.03. The van der Waals surface area contributed by atoms with Crippen LogP contribution in [-0.2, 0) is 0 Å². The molecule has 2 N–H and O–H groups in total. The van der Waals surface area contributed by atoms with Gasteiger partial charge in [-0.2, -0.15) is 5.10 Å². The molecule has 3 aromatic rings. The summed E-state index contributed by atoms with van der Waals surface area (Å²) in [4.78, 5) is 2.25. The molecule has 2 fully saturated rings. The van der Waals surface area contributed by atoms with Crippen molar-refractivity contribution in [3.05, 3.63) is 48.8 Å². The van der Waals surface area contributed by atoms with Gasteiger partial charge in [-0.1, -0.05) is 0 Å². The first-order chi connectivity index (χ1) is 13.7. The fraction of sp³-hybridized carbons (Fsp3) is 0.381. The van der Waals surface area contributed by atoms with E-state index in [1.165, 1.54) is 12.8 Å². The molecule has 144 valence electrons. The van der Waals surface area contributed by atoms with E-state index in [2.05, 4.69) is 32.6 Å². The van der Waals surface area contributed by atoms with Gasteiger partial charge in [-0.3, -0.25) is 0 Å². The number of rotatable bonds is 4. The molecule has 4 heterocycles. The first-order valence-electron chi connectivity index (χ1n) is 9.83. The number of phenols is 1. The molecule has 7 nitrogen and oxygen atoms in total. The van der Waals surface area contributed by atoms with Crippen molar-refractivity contribution in [3.8, 4) is 22.7 Å². The van der Waals surface area contributed by atoms with Crippen molar-refractivity contribution in [1.29, 1.82) is 0 Å². The van der Waals surface area contributed by atoms with Crippen LogP contribution in [0.15, 0.2) is 48.8 Å². The number of aromatic nitrogens is 4. The molecule has 2 aliphatic rings. The number of anilines is 1. The van der Waals surface area contributed by atoms with Gasteiger partial charge in [0, 0.05) is 49.2 Å². The number of hydrogen-bond donors (Lipinski definition) is 2. The van der Waals surface area contributed by atoms with Crippen molar-refractivity contribution in [2.24, 2.45) is 0 Å². The van der Waals surface area contributed by atoms with Gasteiger partial charge in [-0.25, -0.2) is 4.68 Å². The molecular weight excluding hydrogens is 352 g/mol. The SMILES string of the molecule is CN(c1ccc(-c2ccc(-n3cccn3)cc2O)nn1)[C@@H]1CC2CC[C@@H](C1)N2. The molecule has 0 aliphatic carbocycles. The number of phenolic OH excluding ortho intramolecular Hbond substituents is 1. The molecule has 0 amide bonds. The van der Waals surface area contributed by atoms with Crippen molar-refractivity contribution >= 4 is 5.82 Å². The lowest BCUT2D eigenvalue weighted by atomic mass is 9.98. The number of hydrogen-bond acceptors (Lipinski definition) is 6. The Bertz CT molecular complexity index is 944. The summed E-state index contributed by atoms with van der Waals surface area (Å²) in [5, 5.41) is 27.2. The molecule has 2 saturated heterocycles. The van der Waals surface area contributed by atoms with Gasteiger partial charge >= 0.3 is 0 Å². The van der Waals surface area contributed by atoms with Gasteiger partial charge in [0.15, 0.2) is 5.82 Å². The monoisotopic (exact) mass is 376 g/mol. The van der Waals surface area contributed by atoms with Crippen molar-refractivity contribution in [2.75, 3.05) is 11.9 Å². The summed E-state index contributed by atoms with van der Waals surface area (Å²) in [5.74, 6) is 1.04. The summed E-state index contributed by atoms with van der Waals surface area (Å²) in [6.07, 6.45) is 8.43. The van der Waals surface area contributed by atoms with Crippen LogP contribution in [0.4, 0.5) is 5.82 Å². The Morgan fingerprint density at radius 3 is 2.57 bits per heavy atom. The Morgan fingerprint density at radius 1 is 1.11 bits per heavy atom. The number of nitrogens with zero attached hydrogens (tertiary/aromatic N) is 5. The average Bonchev–Trinajstić information content (AvgIpc) is 3.37. The molecule has 3 atom stereocenters. The zero-order valence-corrected chi connectivity index (χ0v) is 15.9. The van der Waals surface area contributed by atoms with Crippen LogP contribution < -0.4 is 10.2 Å². The van der Waals surface area contributed by atoms with E-state index in [9.17, 15) is 5.11 Å². The van der Waals surface area contributed by atoms with Crippen molar-refractivity contribution < 1.29 is 5.11 Å². The summed E-state index contributed by atoms with van der Waals surface area (Å²) in [5.41, 5.74) is 2.13. The molecule has 1 aromatic carbocycles. The van der Waals surface area contributed by atoms with Crippen LogP contribution in [0.5, 0.6) is 5.75 Å². The lowest BCUT2D eigenvalue weighted by molar-refractivity contribution is 0.353. The molecule has 2 aromatic heterocycles. The summed E-state index contributed by atoms with van der Waals surface area (Å²) >= 11 is 0. The molecule has 5 rings (SSSR count). The smallest absolute Gasteiger partial charge is 0.151 e. The summed E-state index contributed by atoms with van der Waals surface area (Å²) in [6, 6.07) is 13.0. The second kappa shape index (κ2) is 6.91. The number of benzene rings is 1. The van der Waals surface area contributed by atoms with Gasteiger partial charge in [-0.15, -0.1) is 10.2 Å². The molecular formula is C21H24N6O. The lowest BCUT2D eigenvalue weighted by Crippen LogP contribution is -2.47. The van der Waals surface area contributed by atoms with Gasteiger partial charge in [0.1, 0.15) is 5.75 Å². The Morgan fingerprint density at radius 2 is 1.93 bits per heavy atom. The van der Waals surface area contributed by atoms with Gasteiger partial charge in [-0.05, 0) is 56.0 Å². The highest BCUT2D eigenvalue weighted by Gasteiger charge is 2.35. The normalized spacial score (nSPS) is 23.7. The van der Waals surface area contributed by atoms with Gasteiger partial charge in [0.25, 0.3) is 0 Å². The van der Waals surface area contributed by atoms with Crippen molar-refractivity contribution in [3.63, 3.8) is 0 Å². The fourth-order valence-corrected chi connectivity index (χ4v) is 4.49. The van der Waals surface area contributed by atoms with Crippen LogP contribution >= 0.6 is 0 Å². The molecule has 0 spiro atoms. The van der Waals surface area contributed by atoms with Crippen LogP contribution in [0, 0.1) is 0 Å². The van der Waals surface area contributed by atoms with E-state index in [-0.39, 0.29) is 5.75 Å². The molecule has 2 bridgehead atoms. The van der Waals surface area contributed by atoms with E-state index in [0.717, 1.165) is 24.3 Å². The molecule has 2 aliphatic heterocycles. The highest BCUT2D eigenvalue weighted by molar-refractivity contribution is 5.69. The minimum atomic E-state index is 0.165. The number of nitrogens with one attached hydrogen (secondary N) is 1. The molecule has 28 heavy (non-hydrogen) atoms. The number of fused-ring (bicyclic) bond motifs is 2. The van der Waals surface area contributed by atoms with Gasteiger partial charge in [0.05, 0.1) is 11.4 Å². The fourth-order valence-electron chi connectivity index (χ4n) is 4.49. The molecule has 0 radical (unpaired) electrons. The predicted octanol–water partition coefficient (Wildman–Crippen LogP) is 2.75. The Kier molecular flexibility index (Phi) is 4.24. The van der Waals surface area contributed by atoms with Crippen LogP contribution in [-0.4, -0.2) is 50.3 Å². The average molecular weight is 376 g/mol. The maximum absolute atomic E-state index is 10.5. The van der Waals surface area contributed by atoms with E-state index in [1.54, 1.807) is 16.9 Å². The van der Waals surface area contributed by atoms with Crippen molar-refractivity contribution in [2.45, 2.75) is 43.8 Å². The zero-order chi connectivity index (χ0) is 19.1. The molecule has 1 unspecified atom stereocenters. The maximum atomic E-state index is 10.5. The first-order valence-corrected chi connectivity index (χ1v) is 9.83. The Hall–Kier alpha value is -2.93. The van der Waals surface area contributed by atoms with Gasteiger partial charge < -0.3 is 15.3 Å².